The lowest BCUT2D eigenvalue weighted by Gasteiger charge is -2.43. The molecule has 0 aromatic carbocycles. The molecular weight excluding hydrogens is 236 g/mol. The number of rotatable bonds is 5. The van der Waals surface area contributed by atoms with Crippen molar-refractivity contribution in [3.63, 3.8) is 0 Å². The van der Waals surface area contributed by atoms with Crippen LogP contribution < -0.4 is 5.32 Å². The Balaban J connectivity index is 1.79. The monoisotopic (exact) mass is 268 g/mol. The van der Waals surface area contributed by atoms with Gasteiger partial charge in [0.05, 0.1) is 5.60 Å². The molecule has 1 heterocycles. The number of likely N-dealkylation sites (tertiary alicyclic amines) is 1. The van der Waals surface area contributed by atoms with Gasteiger partial charge < -0.3 is 15.3 Å². The van der Waals surface area contributed by atoms with Gasteiger partial charge in [0.1, 0.15) is 0 Å². The second-order valence-electron chi connectivity index (χ2n) is 7.36. The zero-order chi connectivity index (χ0) is 13.9. The van der Waals surface area contributed by atoms with Crippen LogP contribution in [0.4, 0.5) is 0 Å². The smallest absolute Gasteiger partial charge is 0.0869 e. The molecule has 1 saturated heterocycles. The molecule has 1 saturated carbocycles. The third kappa shape index (κ3) is 4.73. The van der Waals surface area contributed by atoms with E-state index in [0.29, 0.717) is 12.6 Å². The van der Waals surface area contributed by atoms with Crippen molar-refractivity contribution >= 4 is 0 Å². The predicted molar refractivity (Wildman–Crippen MR) is 80.3 cm³/mol. The second kappa shape index (κ2) is 6.55. The number of nitrogens with one attached hydrogen (secondary N) is 1. The summed E-state index contributed by atoms with van der Waals surface area (Å²) in [7, 11) is 0. The molecular formula is C16H32N2O. The molecule has 2 fully saturated rings. The molecule has 1 aliphatic heterocycles. The van der Waals surface area contributed by atoms with Gasteiger partial charge in [-0.05, 0) is 38.1 Å². The summed E-state index contributed by atoms with van der Waals surface area (Å²) in [4.78, 5) is 2.49. The van der Waals surface area contributed by atoms with Gasteiger partial charge in [-0.1, -0.05) is 33.1 Å². The fourth-order valence-electron chi connectivity index (χ4n) is 3.78. The summed E-state index contributed by atoms with van der Waals surface area (Å²) < 4.78 is 0. The highest BCUT2D eigenvalue weighted by Crippen LogP contribution is 2.36. The van der Waals surface area contributed by atoms with Crippen LogP contribution in [0.2, 0.25) is 0 Å². The maximum absolute atomic E-state index is 10.5. The first kappa shape index (κ1) is 15.3. The average molecular weight is 268 g/mol. The van der Waals surface area contributed by atoms with E-state index in [0.717, 1.165) is 18.4 Å². The van der Waals surface area contributed by atoms with Crippen LogP contribution in [0.15, 0.2) is 0 Å². The molecule has 3 atom stereocenters. The Morgan fingerprint density at radius 2 is 1.89 bits per heavy atom. The van der Waals surface area contributed by atoms with E-state index in [2.05, 4.69) is 24.1 Å². The van der Waals surface area contributed by atoms with Crippen LogP contribution in [-0.4, -0.2) is 47.8 Å². The van der Waals surface area contributed by atoms with Crippen LogP contribution in [0.3, 0.4) is 0 Å². The molecule has 19 heavy (non-hydrogen) atoms. The molecule has 1 aliphatic carbocycles. The molecule has 0 bridgehead atoms. The SMILES string of the molecule is CC(C)NCC(C)(O)CN1CCC2CCCCC2C1. The van der Waals surface area contributed by atoms with Gasteiger partial charge in [0, 0.05) is 25.7 Å². The third-order valence-corrected chi connectivity index (χ3v) is 4.83. The van der Waals surface area contributed by atoms with Gasteiger partial charge >= 0.3 is 0 Å². The molecule has 3 nitrogen and oxygen atoms in total. The lowest BCUT2D eigenvalue weighted by Crippen LogP contribution is -2.52. The first-order valence-corrected chi connectivity index (χ1v) is 8.14. The molecule has 0 radical (unpaired) electrons. The Hall–Kier alpha value is -0.120. The van der Waals surface area contributed by atoms with Gasteiger partial charge in [0.2, 0.25) is 0 Å². The van der Waals surface area contributed by atoms with Crippen molar-refractivity contribution in [3.05, 3.63) is 0 Å². The van der Waals surface area contributed by atoms with Gasteiger partial charge in [0.15, 0.2) is 0 Å². The fraction of sp³-hybridized carbons (Fsp3) is 1.00. The van der Waals surface area contributed by atoms with E-state index in [4.69, 9.17) is 0 Å². The molecule has 2 rings (SSSR count). The predicted octanol–water partition coefficient (Wildman–Crippen LogP) is 2.25. The first-order valence-electron chi connectivity index (χ1n) is 8.14. The highest BCUT2D eigenvalue weighted by molar-refractivity contribution is 4.87. The minimum atomic E-state index is -0.605. The van der Waals surface area contributed by atoms with Crippen molar-refractivity contribution in [1.29, 1.82) is 0 Å². The molecule has 2 aliphatic rings. The van der Waals surface area contributed by atoms with E-state index in [1.165, 1.54) is 45.2 Å². The molecule has 112 valence electrons. The van der Waals surface area contributed by atoms with Gasteiger partial charge in [-0.25, -0.2) is 0 Å². The second-order valence-corrected chi connectivity index (χ2v) is 7.36. The van der Waals surface area contributed by atoms with Crippen LogP contribution in [-0.2, 0) is 0 Å². The largest absolute Gasteiger partial charge is 0.388 e. The lowest BCUT2D eigenvalue weighted by atomic mass is 9.75. The summed E-state index contributed by atoms with van der Waals surface area (Å²) in [5.74, 6) is 1.88. The topological polar surface area (TPSA) is 35.5 Å². The Morgan fingerprint density at radius 1 is 1.21 bits per heavy atom. The van der Waals surface area contributed by atoms with E-state index in [1.54, 1.807) is 0 Å². The van der Waals surface area contributed by atoms with Gasteiger partial charge in [0.25, 0.3) is 0 Å². The summed E-state index contributed by atoms with van der Waals surface area (Å²) in [6.45, 7) is 10.1. The van der Waals surface area contributed by atoms with Crippen LogP contribution in [0.1, 0.15) is 52.9 Å². The van der Waals surface area contributed by atoms with E-state index in [9.17, 15) is 5.11 Å². The maximum Gasteiger partial charge on any atom is 0.0869 e. The fourth-order valence-corrected chi connectivity index (χ4v) is 3.78. The zero-order valence-electron chi connectivity index (χ0n) is 13.0. The highest BCUT2D eigenvalue weighted by atomic mass is 16.3. The summed E-state index contributed by atoms with van der Waals surface area (Å²) in [5.41, 5.74) is -0.605. The van der Waals surface area contributed by atoms with E-state index in [-0.39, 0.29) is 0 Å². The average Bonchev–Trinajstić information content (AvgIpc) is 2.36. The Labute approximate surface area is 118 Å². The summed E-state index contributed by atoms with van der Waals surface area (Å²) in [6, 6.07) is 0.440. The van der Waals surface area contributed by atoms with Gasteiger partial charge in [-0.3, -0.25) is 0 Å². The first-order chi connectivity index (χ1) is 8.96. The zero-order valence-corrected chi connectivity index (χ0v) is 13.0. The number of β-amino-alcohol motifs (C(OH)–C–C–N with tert-alkyl or cyclic N) is 1. The Morgan fingerprint density at radius 3 is 2.58 bits per heavy atom. The Bertz CT molecular complexity index is 278. The number of fused-ring (bicyclic) bond motifs is 1. The van der Waals surface area contributed by atoms with Crippen molar-refractivity contribution in [2.24, 2.45) is 11.8 Å². The Kier molecular flexibility index (Phi) is 5.27. The van der Waals surface area contributed by atoms with Gasteiger partial charge in [-0.2, -0.15) is 0 Å². The number of aliphatic hydroxyl groups is 1. The normalized spacial score (nSPS) is 32.1. The summed E-state index contributed by atoms with van der Waals surface area (Å²) >= 11 is 0. The van der Waals surface area contributed by atoms with E-state index < -0.39 is 5.60 Å². The minimum Gasteiger partial charge on any atom is -0.388 e. The molecule has 2 N–H and O–H groups in total. The molecule has 0 aromatic heterocycles. The molecule has 3 heteroatoms. The lowest BCUT2D eigenvalue weighted by molar-refractivity contribution is -0.00843. The number of hydrogen-bond donors (Lipinski definition) is 2. The van der Waals surface area contributed by atoms with E-state index in [1.807, 2.05) is 6.92 Å². The standard InChI is InChI=1S/C16H32N2O/c1-13(2)17-11-16(3,19)12-18-9-8-14-6-4-5-7-15(14)10-18/h13-15,17,19H,4-12H2,1-3H3. The maximum atomic E-state index is 10.5. The van der Waals surface area contributed by atoms with Crippen LogP contribution in [0.5, 0.6) is 0 Å². The van der Waals surface area contributed by atoms with Crippen molar-refractivity contribution in [3.8, 4) is 0 Å². The quantitative estimate of drug-likeness (QED) is 0.803. The van der Waals surface area contributed by atoms with E-state index >= 15 is 0 Å². The number of piperidine rings is 1. The van der Waals surface area contributed by atoms with Crippen molar-refractivity contribution < 1.29 is 5.11 Å². The molecule has 3 unspecified atom stereocenters. The van der Waals surface area contributed by atoms with Crippen LogP contribution in [0.25, 0.3) is 0 Å². The third-order valence-electron chi connectivity index (χ3n) is 4.83. The van der Waals surface area contributed by atoms with Crippen molar-refractivity contribution in [1.82, 2.24) is 10.2 Å². The molecule has 0 spiro atoms. The number of hydrogen-bond acceptors (Lipinski definition) is 3. The number of nitrogens with zero attached hydrogens (tertiary/aromatic N) is 1. The van der Waals surface area contributed by atoms with Crippen LogP contribution in [0, 0.1) is 11.8 Å². The minimum absolute atomic E-state index is 0.440. The molecule has 0 amide bonds. The summed E-state index contributed by atoms with van der Waals surface area (Å²) in [5, 5.41) is 13.9. The van der Waals surface area contributed by atoms with Gasteiger partial charge in [-0.15, -0.1) is 0 Å². The van der Waals surface area contributed by atoms with Crippen molar-refractivity contribution in [2.75, 3.05) is 26.2 Å². The van der Waals surface area contributed by atoms with Crippen molar-refractivity contribution in [2.45, 2.75) is 64.5 Å². The molecule has 0 aromatic rings. The highest BCUT2D eigenvalue weighted by Gasteiger charge is 2.33. The summed E-state index contributed by atoms with van der Waals surface area (Å²) in [6.07, 6.45) is 7.06. The van der Waals surface area contributed by atoms with Crippen LogP contribution >= 0.6 is 0 Å².